The second kappa shape index (κ2) is 12.6. The monoisotopic (exact) mass is 702 g/mol. The maximum Gasteiger partial charge on any atom is 0.143 e. The van der Waals surface area contributed by atoms with Crippen LogP contribution in [0.1, 0.15) is 0 Å². The molecule has 0 saturated carbocycles. The Balaban J connectivity index is 1.04. The number of hydrogen-bond donors (Lipinski definition) is 0. The zero-order valence-electron chi connectivity index (χ0n) is 29.9. The van der Waals surface area contributed by atoms with Gasteiger partial charge in [0.15, 0.2) is 0 Å². The summed E-state index contributed by atoms with van der Waals surface area (Å²) in [6, 6.07) is 73.7. The minimum Gasteiger partial charge on any atom is -0.455 e. The van der Waals surface area contributed by atoms with E-state index in [0.29, 0.717) is 0 Å². The predicted octanol–water partition coefficient (Wildman–Crippen LogP) is 14.6. The highest BCUT2D eigenvalue weighted by molar-refractivity contribution is 6.20. The summed E-state index contributed by atoms with van der Waals surface area (Å²) in [6.07, 6.45) is 0. The topological polar surface area (TPSA) is 21.3 Å². The van der Waals surface area contributed by atoms with Crippen LogP contribution in [0.25, 0.3) is 82.5 Å². The van der Waals surface area contributed by atoms with Crippen molar-refractivity contribution in [1.82, 2.24) is 4.57 Å². The van der Waals surface area contributed by atoms with Crippen molar-refractivity contribution in [1.29, 1.82) is 0 Å². The van der Waals surface area contributed by atoms with Crippen LogP contribution >= 0.6 is 0 Å². The molecule has 0 bridgehead atoms. The van der Waals surface area contributed by atoms with Gasteiger partial charge in [0.2, 0.25) is 0 Å². The molecule has 55 heavy (non-hydrogen) atoms. The van der Waals surface area contributed by atoms with Crippen molar-refractivity contribution in [3.05, 3.63) is 206 Å². The molecule has 0 spiro atoms. The second-order valence-corrected chi connectivity index (χ2v) is 14.1. The number of hydrogen-bond acceptors (Lipinski definition) is 2. The molecule has 3 nitrogen and oxygen atoms in total. The summed E-state index contributed by atoms with van der Waals surface area (Å²) in [5.41, 5.74) is 13.2. The van der Waals surface area contributed by atoms with Crippen molar-refractivity contribution in [2.24, 2.45) is 0 Å². The minimum atomic E-state index is 0.904. The van der Waals surface area contributed by atoms with Crippen LogP contribution in [0.15, 0.2) is 211 Å². The number of rotatable bonds is 6. The van der Waals surface area contributed by atoms with Crippen LogP contribution in [-0.2, 0) is 0 Å². The molecule has 0 fully saturated rings. The molecular weight excluding hydrogens is 669 g/mol. The van der Waals surface area contributed by atoms with Gasteiger partial charge in [-0.05, 0) is 88.8 Å². The van der Waals surface area contributed by atoms with Gasteiger partial charge in [-0.2, -0.15) is 0 Å². The van der Waals surface area contributed by atoms with Gasteiger partial charge in [0.05, 0.1) is 11.0 Å². The van der Waals surface area contributed by atoms with Crippen LogP contribution in [0.2, 0.25) is 0 Å². The summed E-state index contributed by atoms with van der Waals surface area (Å²) < 4.78 is 9.22. The van der Waals surface area contributed by atoms with E-state index in [9.17, 15) is 0 Å². The quantitative estimate of drug-likeness (QED) is 0.172. The van der Waals surface area contributed by atoms with Gasteiger partial charge in [0, 0.05) is 55.2 Å². The lowest BCUT2D eigenvalue weighted by Gasteiger charge is -2.26. The number of benzene rings is 9. The summed E-state index contributed by atoms with van der Waals surface area (Å²) >= 11 is 0. The Morgan fingerprint density at radius 2 is 0.891 bits per heavy atom. The minimum absolute atomic E-state index is 0.904. The molecule has 0 aliphatic carbocycles. The van der Waals surface area contributed by atoms with E-state index >= 15 is 0 Å². The van der Waals surface area contributed by atoms with Gasteiger partial charge in [-0.15, -0.1) is 0 Å². The maximum atomic E-state index is 6.86. The van der Waals surface area contributed by atoms with Crippen molar-refractivity contribution < 1.29 is 4.42 Å². The van der Waals surface area contributed by atoms with Gasteiger partial charge < -0.3 is 13.9 Å². The average molecular weight is 703 g/mol. The summed E-state index contributed by atoms with van der Waals surface area (Å²) in [4.78, 5) is 2.34. The van der Waals surface area contributed by atoms with Gasteiger partial charge in [0.1, 0.15) is 11.2 Å². The highest BCUT2D eigenvalue weighted by Crippen LogP contribution is 2.44. The molecule has 3 heteroatoms. The van der Waals surface area contributed by atoms with E-state index in [1.54, 1.807) is 0 Å². The third kappa shape index (κ3) is 5.05. The van der Waals surface area contributed by atoms with Gasteiger partial charge in [-0.3, -0.25) is 0 Å². The fourth-order valence-electron chi connectivity index (χ4n) is 8.47. The fourth-order valence-corrected chi connectivity index (χ4v) is 8.47. The smallest absolute Gasteiger partial charge is 0.143 e. The molecule has 11 rings (SSSR count). The van der Waals surface area contributed by atoms with Crippen LogP contribution in [-0.4, -0.2) is 4.57 Å². The first-order valence-corrected chi connectivity index (χ1v) is 18.8. The Kier molecular flexibility index (Phi) is 7.17. The van der Waals surface area contributed by atoms with Crippen LogP contribution in [0.4, 0.5) is 17.1 Å². The van der Waals surface area contributed by atoms with E-state index in [4.69, 9.17) is 4.42 Å². The first-order chi connectivity index (χ1) is 27.3. The van der Waals surface area contributed by atoms with E-state index in [1.807, 2.05) is 0 Å². The molecule has 0 radical (unpaired) electrons. The highest BCUT2D eigenvalue weighted by Gasteiger charge is 2.20. The lowest BCUT2D eigenvalue weighted by molar-refractivity contribution is 0.674. The lowest BCUT2D eigenvalue weighted by Crippen LogP contribution is -2.09. The number of fused-ring (bicyclic) bond motifs is 8. The predicted molar refractivity (Wildman–Crippen MR) is 231 cm³/mol. The molecule has 0 saturated heterocycles. The zero-order valence-corrected chi connectivity index (χ0v) is 29.9. The van der Waals surface area contributed by atoms with E-state index in [-0.39, 0.29) is 0 Å². The number of nitrogens with zero attached hydrogens (tertiary/aromatic N) is 2. The van der Waals surface area contributed by atoms with Gasteiger partial charge in [-0.25, -0.2) is 0 Å². The first-order valence-electron chi connectivity index (χ1n) is 18.8. The first kappa shape index (κ1) is 31.2. The molecule has 2 heterocycles. The maximum absolute atomic E-state index is 6.86. The highest BCUT2D eigenvalue weighted by atomic mass is 16.3. The van der Waals surface area contributed by atoms with Gasteiger partial charge in [0.25, 0.3) is 0 Å². The number of para-hydroxylation sites is 4. The third-order valence-electron chi connectivity index (χ3n) is 11.0. The van der Waals surface area contributed by atoms with Crippen LogP contribution < -0.4 is 4.90 Å². The third-order valence-corrected chi connectivity index (χ3v) is 11.0. The lowest BCUT2D eigenvalue weighted by atomic mass is 9.95. The Morgan fingerprint density at radius 3 is 1.67 bits per heavy atom. The molecule has 9 aromatic carbocycles. The Labute approximate surface area is 318 Å². The molecule has 0 aliphatic rings. The number of aromatic nitrogens is 1. The zero-order chi connectivity index (χ0) is 36.3. The van der Waals surface area contributed by atoms with Crippen LogP contribution in [0, 0.1) is 0 Å². The Morgan fingerprint density at radius 1 is 0.327 bits per heavy atom. The van der Waals surface area contributed by atoms with E-state index < -0.39 is 0 Å². The standard InChI is InChI=1S/C52H34N2O/c1-4-15-35(16-5-1)46-34-48-45-25-14-24-41(51(45)55-52(48)44-23-11-10-21-42(44)46)36-27-29-39(30-28-36)53(37-17-6-2-7-18-37)40-31-32-50-47(33-40)43-22-12-13-26-49(43)54(50)38-19-8-3-9-20-38/h1-34H. The van der Waals surface area contributed by atoms with Crippen LogP contribution in [0.5, 0.6) is 0 Å². The Bertz CT molecular complexity index is 3180. The van der Waals surface area contributed by atoms with Gasteiger partial charge >= 0.3 is 0 Å². The molecule has 0 aliphatic heterocycles. The molecule has 11 aromatic rings. The molecule has 0 unspecified atom stereocenters. The largest absolute Gasteiger partial charge is 0.455 e. The fraction of sp³-hybridized carbons (Fsp3) is 0. The molecule has 0 atom stereocenters. The van der Waals surface area contributed by atoms with E-state index in [0.717, 1.165) is 61.2 Å². The molecular formula is C52H34N2O. The second-order valence-electron chi connectivity index (χ2n) is 14.1. The molecule has 258 valence electrons. The van der Waals surface area contributed by atoms with Crippen molar-refractivity contribution in [2.75, 3.05) is 4.90 Å². The molecule has 0 N–H and O–H groups in total. The normalized spacial score (nSPS) is 11.6. The average Bonchev–Trinajstić information content (AvgIpc) is 3.81. The van der Waals surface area contributed by atoms with Crippen molar-refractivity contribution in [3.63, 3.8) is 0 Å². The van der Waals surface area contributed by atoms with Crippen molar-refractivity contribution in [2.45, 2.75) is 0 Å². The molecule has 2 aromatic heterocycles. The number of anilines is 3. The molecule has 0 amide bonds. The summed E-state index contributed by atoms with van der Waals surface area (Å²) in [6.45, 7) is 0. The van der Waals surface area contributed by atoms with Crippen molar-refractivity contribution >= 4 is 71.6 Å². The van der Waals surface area contributed by atoms with E-state index in [1.165, 1.54) is 38.3 Å². The van der Waals surface area contributed by atoms with E-state index in [2.05, 4.69) is 216 Å². The summed E-state index contributed by atoms with van der Waals surface area (Å²) in [5, 5.41) is 7.01. The number of furan rings is 1. The summed E-state index contributed by atoms with van der Waals surface area (Å²) in [7, 11) is 0. The SMILES string of the molecule is c1ccc(-c2cc3c4cccc(-c5ccc(N(c6ccccc6)c6ccc7c(c6)c6ccccc6n7-c6ccccc6)cc5)c4oc3c3ccccc23)cc1. The van der Waals surface area contributed by atoms with Crippen molar-refractivity contribution in [3.8, 4) is 27.9 Å². The summed E-state index contributed by atoms with van der Waals surface area (Å²) in [5.74, 6) is 0. The van der Waals surface area contributed by atoms with Crippen LogP contribution in [0.3, 0.4) is 0 Å². The Hall–Kier alpha value is -7.36. The van der Waals surface area contributed by atoms with Gasteiger partial charge in [-0.1, -0.05) is 140 Å².